The fraction of sp³-hybridized carbons (Fsp3) is 0.632. The van der Waals surface area contributed by atoms with Crippen molar-refractivity contribution in [1.29, 1.82) is 0 Å². The maximum Gasteiger partial charge on any atom is 0.240 e. The van der Waals surface area contributed by atoms with Crippen molar-refractivity contribution in [1.82, 2.24) is 15.4 Å². The molecule has 0 saturated carbocycles. The first-order valence-corrected chi connectivity index (χ1v) is 11.2. The molecule has 152 valence electrons. The molecule has 2 atom stereocenters. The summed E-state index contributed by atoms with van der Waals surface area (Å²) >= 11 is 0. The summed E-state index contributed by atoms with van der Waals surface area (Å²) in [7, 11) is -3.51. The second kappa shape index (κ2) is 10.6. The zero-order chi connectivity index (χ0) is 19.7. The van der Waals surface area contributed by atoms with Gasteiger partial charge >= 0.3 is 0 Å². The van der Waals surface area contributed by atoms with Crippen LogP contribution >= 0.6 is 0 Å². The lowest BCUT2D eigenvalue weighted by Crippen LogP contribution is -2.41. The Kier molecular flexibility index (Phi) is 8.53. The van der Waals surface area contributed by atoms with E-state index in [2.05, 4.69) is 34.2 Å². The van der Waals surface area contributed by atoms with Crippen LogP contribution in [0.5, 0.6) is 0 Å². The fourth-order valence-corrected chi connectivity index (χ4v) is 3.76. The molecule has 2 unspecified atom stereocenters. The zero-order valence-electron chi connectivity index (χ0n) is 16.5. The summed E-state index contributed by atoms with van der Waals surface area (Å²) in [5.74, 6) is 0.766. The minimum atomic E-state index is -3.51. The lowest BCUT2D eigenvalue weighted by molar-refractivity contribution is 0.114. The van der Waals surface area contributed by atoms with Gasteiger partial charge in [0.15, 0.2) is 5.96 Å². The molecular formula is C19H32N4O3S. The highest BCUT2D eigenvalue weighted by Crippen LogP contribution is 2.14. The highest BCUT2D eigenvalue weighted by atomic mass is 32.2. The number of guanidine groups is 1. The monoisotopic (exact) mass is 396 g/mol. The van der Waals surface area contributed by atoms with Crippen LogP contribution < -0.4 is 15.4 Å². The van der Waals surface area contributed by atoms with Gasteiger partial charge in [-0.15, -0.1) is 0 Å². The van der Waals surface area contributed by atoms with Crippen molar-refractivity contribution in [2.24, 2.45) is 4.99 Å². The third kappa shape index (κ3) is 7.12. The van der Waals surface area contributed by atoms with E-state index in [-0.39, 0.29) is 11.0 Å². The van der Waals surface area contributed by atoms with Crippen LogP contribution in [0.1, 0.15) is 45.6 Å². The van der Waals surface area contributed by atoms with Gasteiger partial charge in [-0.25, -0.2) is 18.1 Å². The Morgan fingerprint density at radius 1 is 1.30 bits per heavy atom. The van der Waals surface area contributed by atoms with Gasteiger partial charge in [0.25, 0.3) is 0 Å². The number of aliphatic imine (C=N–C) groups is 1. The zero-order valence-corrected chi connectivity index (χ0v) is 17.3. The van der Waals surface area contributed by atoms with Gasteiger partial charge in [-0.2, -0.15) is 0 Å². The number of ether oxygens (including phenoxy) is 1. The molecule has 1 aliphatic heterocycles. The van der Waals surface area contributed by atoms with Crippen LogP contribution in [0.4, 0.5) is 0 Å². The maximum atomic E-state index is 12.4. The Morgan fingerprint density at radius 2 is 2.04 bits per heavy atom. The first-order chi connectivity index (χ1) is 12.9. The van der Waals surface area contributed by atoms with Crippen molar-refractivity contribution < 1.29 is 13.2 Å². The average Bonchev–Trinajstić information content (AvgIpc) is 3.18. The van der Waals surface area contributed by atoms with Gasteiger partial charge in [0, 0.05) is 25.7 Å². The molecule has 0 aromatic heterocycles. The summed E-state index contributed by atoms with van der Waals surface area (Å²) in [5, 5.41) is 6.56. The SMILES string of the molecule is CCNC(=NCc1ccc(S(=O)(=O)NCC2CCCO2)cc1)NC(C)CC. The van der Waals surface area contributed by atoms with Crippen LogP contribution in [-0.2, 0) is 21.3 Å². The Morgan fingerprint density at radius 3 is 2.63 bits per heavy atom. The molecule has 0 amide bonds. The van der Waals surface area contributed by atoms with E-state index in [0.717, 1.165) is 37.3 Å². The molecule has 8 heteroatoms. The third-order valence-electron chi connectivity index (χ3n) is 4.52. The molecular weight excluding hydrogens is 364 g/mol. The predicted octanol–water partition coefficient (Wildman–Crippen LogP) is 2.00. The van der Waals surface area contributed by atoms with Crippen LogP contribution in [0.2, 0.25) is 0 Å². The summed E-state index contributed by atoms with van der Waals surface area (Å²) < 4.78 is 32.9. The van der Waals surface area contributed by atoms with E-state index in [1.165, 1.54) is 0 Å². The average molecular weight is 397 g/mol. The van der Waals surface area contributed by atoms with Crippen LogP contribution in [0.15, 0.2) is 34.2 Å². The minimum absolute atomic E-state index is 0.0177. The van der Waals surface area contributed by atoms with Gasteiger partial charge < -0.3 is 15.4 Å². The molecule has 0 aliphatic carbocycles. The van der Waals surface area contributed by atoms with Crippen molar-refractivity contribution in [2.75, 3.05) is 19.7 Å². The molecule has 1 saturated heterocycles. The summed E-state index contributed by atoms with van der Waals surface area (Å²) in [6.07, 6.45) is 2.88. The fourth-order valence-electron chi connectivity index (χ4n) is 2.69. The van der Waals surface area contributed by atoms with E-state index in [9.17, 15) is 8.42 Å². The number of benzene rings is 1. The van der Waals surface area contributed by atoms with E-state index in [1.54, 1.807) is 24.3 Å². The van der Waals surface area contributed by atoms with E-state index < -0.39 is 10.0 Å². The summed E-state index contributed by atoms with van der Waals surface area (Å²) in [4.78, 5) is 4.83. The van der Waals surface area contributed by atoms with Crippen LogP contribution in [0.25, 0.3) is 0 Å². The number of nitrogens with one attached hydrogen (secondary N) is 3. The lowest BCUT2D eigenvalue weighted by Gasteiger charge is -2.16. The van der Waals surface area contributed by atoms with E-state index >= 15 is 0 Å². The van der Waals surface area contributed by atoms with E-state index in [1.807, 2.05) is 6.92 Å². The van der Waals surface area contributed by atoms with Gasteiger partial charge in [-0.3, -0.25) is 0 Å². The molecule has 1 heterocycles. The second-order valence-corrected chi connectivity index (χ2v) is 8.55. The van der Waals surface area contributed by atoms with E-state index in [0.29, 0.717) is 25.7 Å². The van der Waals surface area contributed by atoms with Crippen LogP contribution in [-0.4, -0.2) is 46.2 Å². The quantitative estimate of drug-likeness (QED) is 0.439. The molecule has 0 radical (unpaired) electrons. The second-order valence-electron chi connectivity index (χ2n) is 6.78. The van der Waals surface area contributed by atoms with Crippen molar-refractivity contribution in [2.45, 2.75) is 63.6 Å². The first kappa shape index (κ1) is 21.7. The van der Waals surface area contributed by atoms with Crippen molar-refractivity contribution in [3.8, 4) is 0 Å². The van der Waals surface area contributed by atoms with Gasteiger partial charge in [0.05, 0.1) is 17.5 Å². The standard InChI is InChI=1S/C19H32N4O3S/c1-4-15(3)23-19(20-5-2)21-13-16-8-10-18(11-9-16)27(24,25)22-14-17-7-6-12-26-17/h8-11,15,17,22H,4-7,12-14H2,1-3H3,(H2,20,21,23). The van der Waals surface area contributed by atoms with E-state index in [4.69, 9.17) is 4.74 Å². The van der Waals surface area contributed by atoms with Crippen LogP contribution in [0.3, 0.4) is 0 Å². The lowest BCUT2D eigenvalue weighted by atomic mass is 10.2. The Balaban J connectivity index is 1.95. The molecule has 27 heavy (non-hydrogen) atoms. The summed E-state index contributed by atoms with van der Waals surface area (Å²) in [6, 6.07) is 7.19. The first-order valence-electron chi connectivity index (χ1n) is 9.69. The summed E-state index contributed by atoms with van der Waals surface area (Å²) in [6.45, 7) is 8.55. The van der Waals surface area contributed by atoms with Gasteiger partial charge in [0.1, 0.15) is 0 Å². The number of hydrogen-bond donors (Lipinski definition) is 3. The molecule has 3 N–H and O–H groups in total. The normalized spacial score (nSPS) is 19.1. The summed E-state index contributed by atoms with van der Waals surface area (Å²) in [5.41, 5.74) is 0.953. The van der Waals surface area contributed by atoms with Gasteiger partial charge in [-0.1, -0.05) is 19.1 Å². The molecule has 2 rings (SSSR count). The highest BCUT2D eigenvalue weighted by Gasteiger charge is 2.20. The molecule has 1 aromatic rings. The molecule has 1 aliphatic rings. The van der Waals surface area contributed by atoms with Crippen molar-refractivity contribution in [3.63, 3.8) is 0 Å². The Bertz CT molecular complexity index is 698. The molecule has 1 fully saturated rings. The number of rotatable bonds is 9. The Labute approximate surface area is 163 Å². The highest BCUT2D eigenvalue weighted by molar-refractivity contribution is 7.89. The number of nitrogens with zero attached hydrogens (tertiary/aromatic N) is 1. The minimum Gasteiger partial charge on any atom is -0.377 e. The predicted molar refractivity (Wildman–Crippen MR) is 108 cm³/mol. The Hall–Kier alpha value is -1.64. The van der Waals surface area contributed by atoms with Crippen molar-refractivity contribution in [3.05, 3.63) is 29.8 Å². The number of sulfonamides is 1. The molecule has 0 bridgehead atoms. The van der Waals surface area contributed by atoms with Gasteiger partial charge in [-0.05, 0) is 50.8 Å². The molecule has 1 aromatic carbocycles. The third-order valence-corrected chi connectivity index (χ3v) is 5.96. The number of hydrogen-bond acceptors (Lipinski definition) is 4. The smallest absolute Gasteiger partial charge is 0.240 e. The topological polar surface area (TPSA) is 91.8 Å². The molecule has 0 spiro atoms. The van der Waals surface area contributed by atoms with Crippen molar-refractivity contribution >= 4 is 16.0 Å². The van der Waals surface area contributed by atoms with Crippen LogP contribution in [0, 0.1) is 0 Å². The van der Waals surface area contributed by atoms with Gasteiger partial charge in [0.2, 0.25) is 10.0 Å². The largest absolute Gasteiger partial charge is 0.377 e. The molecule has 7 nitrogen and oxygen atoms in total. The maximum absolute atomic E-state index is 12.4.